The second kappa shape index (κ2) is 11.7. The fourth-order valence-corrected chi connectivity index (χ4v) is 5.37. The Labute approximate surface area is 212 Å². The van der Waals surface area contributed by atoms with Gasteiger partial charge in [-0.15, -0.1) is 10.2 Å². The Hall–Kier alpha value is -2.84. The first-order valence-corrected chi connectivity index (χ1v) is 13.3. The largest absolute Gasteiger partial charge is 0.372 e. The van der Waals surface area contributed by atoms with Gasteiger partial charge >= 0.3 is 0 Å². The van der Waals surface area contributed by atoms with Gasteiger partial charge in [0.25, 0.3) is 0 Å². The monoisotopic (exact) mass is 492 g/mol. The summed E-state index contributed by atoms with van der Waals surface area (Å²) in [5.41, 5.74) is 3.53. The quantitative estimate of drug-likeness (QED) is 0.428. The molecule has 7 nitrogen and oxygen atoms in total. The molecule has 8 heteroatoms. The number of rotatable bonds is 10. The standard InChI is InChI=1S/C27H36N6OS/c1-5-33(6-2)24-14-12-22(13-15-24)25-29-30-27(31(25)4)35-20(3)26(34)28-23-16-17-32(19-23)18-21-10-8-7-9-11-21/h7-15,20,23H,5-6,16-19H2,1-4H3,(H,28,34). The van der Waals surface area contributed by atoms with Crippen LogP contribution in [0.25, 0.3) is 11.4 Å². The first-order valence-electron chi connectivity index (χ1n) is 12.5. The van der Waals surface area contributed by atoms with Gasteiger partial charge in [0, 0.05) is 57.1 Å². The fraction of sp³-hybridized carbons (Fsp3) is 0.444. The van der Waals surface area contributed by atoms with Gasteiger partial charge in [-0.05, 0) is 57.0 Å². The average Bonchev–Trinajstić information content (AvgIpc) is 3.47. The molecule has 3 aromatic rings. The van der Waals surface area contributed by atoms with E-state index in [9.17, 15) is 4.79 Å². The number of amides is 1. The van der Waals surface area contributed by atoms with Gasteiger partial charge in [0.05, 0.1) is 5.25 Å². The molecule has 35 heavy (non-hydrogen) atoms. The molecule has 2 heterocycles. The summed E-state index contributed by atoms with van der Waals surface area (Å²) in [7, 11) is 1.96. The number of thioether (sulfide) groups is 1. The van der Waals surface area contributed by atoms with Crippen molar-refractivity contribution in [2.24, 2.45) is 7.05 Å². The molecule has 0 bridgehead atoms. The van der Waals surface area contributed by atoms with Gasteiger partial charge in [0.15, 0.2) is 11.0 Å². The van der Waals surface area contributed by atoms with E-state index in [1.165, 1.54) is 23.0 Å². The lowest BCUT2D eigenvalue weighted by Gasteiger charge is -2.21. The van der Waals surface area contributed by atoms with Gasteiger partial charge in [-0.25, -0.2) is 0 Å². The minimum atomic E-state index is -0.251. The molecule has 2 atom stereocenters. The van der Waals surface area contributed by atoms with Crippen LogP contribution >= 0.6 is 11.8 Å². The summed E-state index contributed by atoms with van der Waals surface area (Å²) >= 11 is 1.45. The summed E-state index contributed by atoms with van der Waals surface area (Å²) in [5.74, 6) is 0.855. The van der Waals surface area contributed by atoms with Crippen LogP contribution in [0, 0.1) is 0 Å². The van der Waals surface area contributed by atoms with Gasteiger partial charge in [-0.3, -0.25) is 9.69 Å². The number of carbonyl (C=O) groups is 1. The first kappa shape index (κ1) is 25.3. The molecule has 1 saturated heterocycles. The van der Waals surface area contributed by atoms with Crippen LogP contribution in [0.5, 0.6) is 0 Å². The van der Waals surface area contributed by atoms with Crippen LogP contribution in [0.4, 0.5) is 5.69 Å². The summed E-state index contributed by atoms with van der Waals surface area (Å²) in [6.45, 7) is 11.0. The van der Waals surface area contributed by atoms with E-state index < -0.39 is 0 Å². The van der Waals surface area contributed by atoms with E-state index >= 15 is 0 Å². The molecule has 4 rings (SSSR count). The van der Waals surface area contributed by atoms with Gasteiger partial charge in [0.1, 0.15) is 0 Å². The molecule has 0 saturated carbocycles. The predicted molar refractivity (Wildman–Crippen MR) is 144 cm³/mol. The van der Waals surface area contributed by atoms with E-state index in [2.05, 4.69) is 87.7 Å². The lowest BCUT2D eigenvalue weighted by molar-refractivity contribution is -0.120. The molecule has 2 unspecified atom stereocenters. The van der Waals surface area contributed by atoms with E-state index in [4.69, 9.17) is 0 Å². The third-order valence-electron chi connectivity index (χ3n) is 6.61. The molecular weight excluding hydrogens is 456 g/mol. The zero-order valence-electron chi connectivity index (χ0n) is 21.1. The average molecular weight is 493 g/mol. The lowest BCUT2D eigenvalue weighted by atomic mass is 10.2. The molecule has 0 spiro atoms. The van der Waals surface area contributed by atoms with Crippen molar-refractivity contribution in [1.29, 1.82) is 0 Å². The summed E-state index contributed by atoms with van der Waals surface area (Å²) in [6.07, 6.45) is 0.980. The van der Waals surface area contributed by atoms with Gasteiger partial charge in [0.2, 0.25) is 5.91 Å². The Bertz CT molecular complexity index is 1100. The third kappa shape index (κ3) is 6.24. The highest BCUT2D eigenvalue weighted by atomic mass is 32.2. The molecule has 1 N–H and O–H groups in total. The Balaban J connectivity index is 1.31. The second-order valence-corrected chi connectivity index (χ2v) is 10.4. The summed E-state index contributed by atoms with van der Waals surface area (Å²) in [6, 6.07) is 19.1. The smallest absolute Gasteiger partial charge is 0.233 e. The molecule has 2 aromatic carbocycles. The molecule has 1 aromatic heterocycles. The van der Waals surface area contributed by atoms with E-state index in [0.29, 0.717) is 0 Å². The highest BCUT2D eigenvalue weighted by Crippen LogP contribution is 2.27. The SMILES string of the molecule is CCN(CC)c1ccc(-c2nnc(SC(C)C(=O)NC3CCN(Cc4ccccc4)C3)n2C)cc1. The van der Waals surface area contributed by atoms with E-state index in [0.717, 1.165) is 55.7 Å². The molecule has 186 valence electrons. The van der Waals surface area contributed by atoms with Crippen LogP contribution in [0.15, 0.2) is 59.8 Å². The van der Waals surface area contributed by atoms with Crippen LogP contribution in [0.2, 0.25) is 0 Å². The number of benzene rings is 2. The maximum Gasteiger partial charge on any atom is 0.233 e. The Kier molecular flexibility index (Phi) is 8.46. The molecule has 1 fully saturated rings. The number of anilines is 1. The van der Waals surface area contributed by atoms with Crippen molar-refractivity contribution in [3.05, 3.63) is 60.2 Å². The summed E-state index contributed by atoms with van der Waals surface area (Å²) in [4.78, 5) is 17.6. The van der Waals surface area contributed by atoms with E-state index in [-0.39, 0.29) is 17.2 Å². The highest BCUT2D eigenvalue weighted by Gasteiger charge is 2.27. The molecule has 0 radical (unpaired) electrons. The van der Waals surface area contributed by atoms with E-state index in [1.54, 1.807) is 0 Å². The number of hydrogen-bond acceptors (Lipinski definition) is 6. The van der Waals surface area contributed by atoms with Crippen molar-refractivity contribution in [3.63, 3.8) is 0 Å². The van der Waals surface area contributed by atoms with Crippen LogP contribution in [0.3, 0.4) is 0 Å². The van der Waals surface area contributed by atoms with Gasteiger partial charge in [-0.1, -0.05) is 42.1 Å². The highest BCUT2D eigenvalue weighted by molar-refractivity contribution is 8.00. The van der Waals surface area contributed by atoms with Crippen molar-refractivity contribution in [1.82, 2.24) is 25.0 Å². The minimum absolute atomic E-state index is 0.0506. The molecule has 1 amide bonds. The van der Waals surface area contributed by atoms with E-state index in [1.807, 2.05) is 24.6 Å². The van der Waals surface area contributed by atoms with Crippen molar-refractivity contribution in [2.75, 3.05) is 31.1 Å². The fourth-order valence-electron chi connectivity index (χ4n) is 4.54. The van der Waals surface area contributed by atoms with Crippen molar-refractivity contribution in [2.45, 2.75) is 50.2 Å². The predicted octanol–water partition coefficient (Wildman–Crippen LogP) is 4.20. The Morgan fingerprint density at radius 3 is 2.51 bits per heavy atom. The topological polar surface area (TPSA) is 66.3 Å². The Morgan fingerprint density at radius 1 is 1.11 bits per heavy atom. The lowest BCUT2D eigenvalue weighted by Crippen LogP contribution is -2.40. The first-order chi connectivity index (χ1) is 17.0. The summed E-state index contributed by atoms with van der Waals surface area (Å²) in [5, 5.41) is 12.5. The normalized spacial score (nSPS) is 16.9. The maximum absolute atomic E-state index is 12.9. The van der Waals surface area contributed by atoms with Gasteiger partial charge < -0.3 is 14.8 Å². The number of nitrogens with one attached hydrogen (secondary N) is 1. The van der Waals surface area contributed by atoms with Gasteiger partial charge in [-0.2, -0.15) is 0 Å². The molecule has 1 aliphatic rings. The molecular formula is C27H36N6OS. The van der Waals surface area contributed by atoms with Crippen LogP contribution in [0.1, 0.15) is 32.8 Å². The number of hydrogen-bond donors (Lipinski definition) is 1. The number of likely N-dealkylation sites (tertiary alicyclic amines) is 1. The van der Waals surface area contributed by atoms with Crippen molar-refractivity contribution >= 4 is 23.4 Å². The van der Waals surface area contributed by atoms with Crippen molar-refractivity contribution < 1.29 is 4.79 Å². The van der Waals surface area contributed by atoms with Crippen LogP contribution in [-0.4, -0.2) is 63.0 Å². The minimum Gasteiger partial charge on any atom is -0.372 e. The maximum atomic E-state index is 12.9. The summed E-state index contributed by atoms with van der Waals surface area (Å²) < 4.78 is 1.97. The number of carbonyl (C=O) groups excluding carboxylic acids is 1. The Morgan fingerprint density at radius 2 is 1.83 bits per heavy atom. The van der Waals surface area contributed by atoms with Crippen molar-refractivity contribution in [3.8, 4) is 11.4 Å². The third-order valence-corrected chi connectivity index (χ3v) is 7.74. The van der Waals surface area contributed by atoms with Crippen LogP contribution in [-0.2, 0) is 18.4 Å². The molecule has 0 aliphatic carbocycles. The second-order valence-electron chi connectivity index (χ2n) is 9.06. The number of nitrogens with zero attached hydrogens (tertiary/aromatic N) is 5. The number of aromatic nitrogens is 3. The van der Waals surface area contributed by atoms with Crippen LogP contribution < -0.4 is 10.2 Å². The molecule has 1 aliphatic heterocycles. The zero-order chi connectivity index (χ0) is 24.8. The zero-order valence-corrected chi connectivity index (χ0v) is 22.0.